The van der Waals surface area contributed by atoms with Crippen molar-refractivity contribution in [3.63, 3.8) is 0 Å². The number of amides is 1. The number of rotatable bonds is 6. The number of hydrogen-bond donors (Lipinski definition) is 2. The van der Waals surface area contributed by atoms with Crippen molar-refractivity contribution in [2.75, 3.05) is 6.54 Å². The van der Waals surface area contributed by atoms with Gasteiger partial charge in [0.2, 0.25) is 5.91 Å². The molecule has 3 unspecified atom stereocenters. The van der Waals surface area contributed by atoms with Crippen LogP contribution < -0.4 is 5.32 Å². The first-order valence-electron chi connectivity index (χ1n) is 6.78. The molecule has 0 fully saturated rings. The summed E-state index contributed by atoms with van der Waals surface area (Å²) in [4.78, 5) is 11.8. The molecular formula is C15H21F2NO2. The number of benzene rings is 1. The number of nitrogens with one attached hydrogen (secondary N) is 1. The van der Waals surface area contributed by atoms with Crippen LogP contribution in [0.2, 0.25) is 0 Å². The number of hydrogen-bond acceptors (Lipinski definition) is 2. The molecule has 0 heterocycles. The first-order chi connectivity index (χ1) is 9.38. The highest BCUT2D eigenvalue weighted by atomic mass is 19.1. The van der Waals surface area contributed by atoms with Gasteiger partial charge in [-0.15, -0.1) is 0 Å². The van der Waals surface area contributed by atoms with Gasteiger partial charge in [-0.3, -0.25) is 4.79 Å². The summed E-state index contributed by atoms with van der Waals surface area (Å²) >= 11 is 0. The van der Waals surface area contributed by atoms with Crippen LogP contribution in [0.4, 0.5) is 8.78 Å². The van der Waals surface area contributed by atoms with E-state index < -0.39 is 23.3 Å². The number of carbonyl (C=O) groups is 1. The summed E-state index contributed by atoms with van der Waals surface area (Å²) in [6.45, 7) is 5.52. The predicted molar refractivity (Wildman–Crippen MR) is 72.9 cm³/mol. The molecule has 3 atom stereocenters. The van der Waals surface area contributed by atoms with Gasteiger partial charge in [0, 0.05) is 12.5 Å². The highest BCUT2D eigenvalue weighted by molar-refractivity contribution is 5.78. The molecule has 0 saturated heterocycles. The van der Waals surface area contributed by atoms with Gasteiger partial charge >= 0.3 is 0 Å². The van der Waals surface area contributed by atoms with Crippen LogP contribution in [0.5, 0.6) is 0 Å². The van der Waals surface area contributed by atoms with Crippen molar-refractivity contribution in [2.24, 2.45) is 11.8 Å². The molecule has 0 radical (unpaired) electrons. The molecule has 112 valence electrons. The van der Waals surface area contributed by atoms with Crippen molar-refractivity contribution in [2.45, 2.75) is 33.3 Å². The highest BCUT2D eigenvalue weighted by Crippen LogP contribution is 2.20. The number of carbonyl (C=O) groups excluding carboxylic acids is 1. The van der Waals surface area contributed by atoms with Crippen molar-refractivity contribution >= 4 is 5.91 Å². The minimum atomic E-state index is -1.40. The molecule has 0 aliphatic heterocycles. The molecule has 0 saturated carbocycles. The molecule has 0 aromatic heterocycles. The molecule has 0 aliphatic rings. The second-order valence-corrected chi connectivity index (χ2v) is 5.07. The first kappa shape index (κ1) is 16.6. The molecule has 2 N–H and O–H groups in total. The maximum Gasteiger partial charge on any atom is 0.223 e. The summed E-state index contributed by atoms with van der Waals surface area (Å²) in [5, 5.41) is 12.3. The van der Waals surface area contributed by atoms with Gasteiger partial charge in [0.25, 0.3) is 0 Å². The zero-order valence-corrected chi connectivity index (χ0v) is 12.0. The van der Waals surface area contributed by atoms with Gasteiger partial charge in [0.1, 0.15) is 17.7 Å². The fourth-order valence-electron chi connectivity index (χ4n) is 1.90. The van der Waals surface area contributed by atoms with E-state index in [-0.39, 0.29) is 24.3 Å². The fraction of sp³-hybridized carbons (Fsp3) is 0.533. The molecule has 0 bridgehead atoms. The topological polar surface area (TPSA) is 49.3 Å². The number of halogens is 2. The van der Waals surface area contributed by atoms with Crippen molar-refractivity contribution in [1.82, 2.24) is 5.32 Å². The fourth-order valence-corrected chi connectivity index (χ4v) is 1.90. The van der Waals surface area contributed by atoms with E-state index in [0.717, 1.165) is 18.6 Å². The van der Waals surface area contributed by atoms with Crippen molar-refractivity contribution in [3.8, 4) is 0 Å². The Balaban J connectivity index is 2.64. The average Bonchev–Trinajstić information content (AvgIpc) is 2.42. The Morgan fingerprint density at radius 3 is 2.35 bits per heavy atom. The lowest BCUT2D eigenvalue weighted by Crippen LogP contribution is -2.35. The van der Waals surface area contributed by atoms with E-state index in [0.29, 0.717) is 0 Å². The summed E-state index contributed by atoms with van der Waals surface area (Å²) in [5.41, 5.74) is -0.413. The zero-order chi connectivity index (χ0) is 15.3. The Morgan fingerprint density at radius 1 is 1.30 bits per heavy atom. The van der Waals surface area contributed by atoms with E-state index in [1.54, 1.807) is 6.92 Å². The van der Waals surface area contributed by atoms with Gasteiger partial charge in [-0.2, -0.15) is 0 Å². The Morgan fingerprint density at radius 2 is 1.85 bits per heavy atom. The maximum atomic E-state index is 13.5. The van der Waals surface area contributed by atoms with Crippen LogP contribution in [0.25, 0.3) is 0 Å². The lowest BCUT2D eigenvalue weighted by atomic mass is 9.93. The third-order valence-corrected chi connectivity index (χ3v) is 3.71. The molecule has 1 aromatic carbocycles. The number of aliphatic hydroxyl groups excluding tert-OH is 1. The lowest BCUT2D eigenvalue weighted by molar-refractivity contribution is -0.126. The Kier molecular flexibility index (Phi) is 6.07. The summed E-state index contributed by atoms with van der Waals surface area (Å²) in [5.74, 6) is -1.87. The molecular weight excluding hydrogens is 264 g/mol. The van der Waals surface area contributed by atoms with Gasteiger partial charge in [-0.25, -0.2) is 8.78 Å². The van der Waals surface area contributed by atoms with Crippen LogP contribution in [-0.4, -0.2) is 17.6 Å². The van der Waals surface area contributed by atoms with E-state index in [4.69, 9.17) is 0 Å². The normalized spacial score (nSPS) is 15.5. The van der Waals surface area contributed by atoms with Crippen LogP contribution >= 0.6 is 0 Å². The molecule has 20 heavy (non-hydrogen) atoms. The van der Waals surface area contributed by atoms with Gasteiger partial charge < -0.3 is 10.4 Å². The minimum absolute atomic E-state index is 0.206. The molecule has 0 aliphatic carbocycles. The third-order valence-electron chi connectivity index (χ3n) is 3.71. The molecule has 1 aromatic rings. The van der Waals surface area contributed by atoms with E-state index in [9.17, 15) is 18.7 Å². The van der Waals surface area contributed by atoms with Crippen LogP contribution in [0.15, 0.2) is 18.2 Å². The second kappa shape index (κ2) is 7.33. The standard InChI is InChI=1S/C15H21F2NO2/c1-4-9(2)10(3)15(20)18-8-13(19)14-11(16)6-5-7-12(14)17/h5-7,9-10,13,19H,4,8H2,1-3H3,(H,18,20). The van der Waals surface area contributed by atoms with Crippen LogP contribution in [-0.2, 0) is 4.79 Å². The van der Waals surface area contributed by atoms with Gasteiger partial charge in [-0.1, -0.05) is 33.3 Å². The Hall–Kier alpha value is -1.49. The summed E-state index contributed by atoms with van der Waals surface area (Å²) in [7, 11) is 0. The van der Waals surface area contributed by atoms with Crippen molar-refractivity contribution in [3.05, 3.63) is 35.4 Å². The minimum Gasteiger partial charge on any atom is -0.386 e. The Bertz CT molecular complexity index is 445. The number of aliphatic hydroxyl groups is 1. The average molecular weight is 285 g/mol. The van der Waals surface area contributed by atoms with Crippen molar-refractivity contribution < 1.29 is 18.7 Å². The quantitative estimate of drug-likeness (QED) is 0.844. The van der Waals surface area contributed by atoms with Crippen molar-refractivity contribution in [1.29, 1.82) is 0 Å². The molecule has 1 amide bonds. The van der Waals surface area contributed by atoms with E-state index >= 15 is 0 Å². The Labute approximate surface area is 118 Å². The van der Waals surface area contributed by atoms with Crippen LogP contribution in [0.3, 0.4) is 0 Å². The summed E-state index contributed by atoms with van der Waals surface area (Å²) in [6, 6.07) is 3.38. The van der Waals surface area contributed by atoms with E-state index in [1.165, 1.54) is 6.07 Å². The lowest BCUT2D eigenvalue weighted by Gasteiger charge is -2.19. The highest BCUT2D eigenvalue weighted by Gasteiger charge is 2.22. The molecule has 1 rings (SSSR count). The van der Waals surface area contributed by atoms with E-state index in [2.05, 4.69) is 5.32 Å². The molecule has 5 heteroatoms. The largest absolute Gasteiger partial charge is 0.386 e. The SMILES string of the molecule is CCC(C)C(C)C(=O)NCC(O)c1c(F)cccc1F. The first-order valence-corrected chi connectivity index (χ1v) is 6.78. The molecule has 3 nitrogen and oxygen atoms in total. The summed E-state index contributed by atoms with van der Waals surface area (Å²) in [6.07, 6.45) is -0.539. The van der Waals surface area contributed by atoms with Gasteiger partial charge in [0.05, 0.1) is 5.56 Å². The third kappa shape index (κ3) is 4.00. The molecule has 0 spiro atoms. The van der Waals surface area contributed by atoms with Crippen LogP contribution in [0, 0.1) is 23.5 Å². The maximum absolute atomic E-state index is 13.5. The zero-order valence-electron chi connectivity index (χ0n) is 12.0. The second-order valence-electron chi connectivity index (χ2n) is 5.07. The summed E-state index contributed by atoms with van der Waals surface area (Å²) < 4.78 is 26.9. The van der Waals surface area contributed by atoms with Crippen LogP contribution in [0.1, 0.15) is 38.9 Å². The van der Waals surface area contributed by atoms with Gasteiger partial charge in [0.15, 0.2) is 0 Å². The van der Waals surface area contributed by atoms with E-state index in [1.807, 2.05) is 13.8 Å². The predicted octanol–water partition coefficient (Wildman–Crippen LogP) is 2.80. The smallest absolute Gasteiger partial charge is 0.223 e. The monoisotopic (exact) mass is 285 g/mol. The van der Waals surface area contributed by atoms with Gasteiger partial charge in [-0.05, 0) is 18.1 Å².